The second-order valence-electron chi connectivity index (χ2n) is 4.12. The summed E-state index contributed by atoms with van der Waals surface area (Å²) >= 11 is 1.82. The molecule has 0 aliphatic carbocycles. The van der Waals surface area contributed by atoms with Crippen molar-refractivity contribution >= 4 is 17.8 Å². The smallest absolute Gasteiger partial charge is 0.322 e. The molecule has 1 aromatic carbocycles. The molecule has 0 unspecified atom stereocenters. The van der Waals surface area contributed by atoms with Crippen LogP contribution in [-0.4, -0.2) is 23.2 Å². The highest BCUT2D eigenvalue weighted by Crippen LogP contribution is 2.23. The lowest BCUT2D eigenvalue weighted by Crippen LogP contribution is -2.40. The molecule has 0 spiro atoms. The Morgan fingerprint density at radius 1 is 1.41 bits per heavy atom. The van der Waals surface area contributed by atoms with Crippen LogP contribution in [0.1, 0.15) is 19.4 Å². The highest BCUT2D eigenvalue weighted by atomic mass is 32.2. The van der Waals surface area contributed by atoms with Crippen LogP contribution in [-0.2, 0) is 6.54 Å². The van der Waals surface area contributed by atoms with Gasteiger partial charge >= 0.3 is 6.03 Å². The van der Waals surface area contributed by atoms with E-state index in [1.807, 2.05) is 23.9 Å². The number of hydrogen-bond acceptors (Lipinski definition) is 3. The molecule has 94 valence electrons. The Balaban J connectivity index is 2.59. The van der Waals surface area contributed by atoms with E-state index < -0.39 is 0 Å². The Hall–Kier alpha value is -1.20. The molecule has 4 nitrogen and oxygen atoms in total. The minimum absolute atomic E-state index is 0.286. The first-order valence-electron chi connectivity index (χ1n) is 5.50. The highest BCUT2D eigenvalue weighted by molar-refractivity contribution is 7.99. The van der Waals surface area contributed by atoms with E-state index in [1.54, 1.807) is 7.05 Å². The van der Waals surface area contributed by atoms with Crippen LogP contribution in [0.15, 0.2) is 29.2 Å². The number of nitrogens with one attached hydrogen (secondary N) is 1. The van der Waals surface area contributed by atoms with Crippen molar-refractivity contribution in [3.8, 4) is 0 Å². The number of hydrogen-bond donors (Lipinski definition) is 2. The van der Waals surface area contributed by atoms with Crippen molar-refractivity contribution in [3.05, 3.63) is 29.8 Å². The van der Waals surface area contributed by atoms with Gasteiger partial charge < -0.3 is 4.90 Å². The van der Waals surface area contributed by atoms with Gasteiger partial charge in [-0.25, -0.2) is 10.6 Å². The molecule has 0 aliphatic rings. The van der Waals surface area contributed by atoms with E-state index in [2.05, 4.69) is 31.4 Å². The van der Waals surface area contributed by atoms with Crippen LogP contribution in [0.3, 0.4) is 0 Å². The molecule has 3 N–H and O–H groups in total. The van der Waals surface area contributed by atoms with Gasteiger partial charge in [0.05, 0.1) is 0 Å². The van der Waals surface area contributed by atoms with E-state index in [0.717, 1.165) is 5.56 Å². The normalized spacial score (nSPS) is 10.4. The largest absolute Gasteiger partial charge is 0.331 e. The Morgan fingerprint density at radius 3 is 2.47 bits per heavy atom. The Kier molecular flexibility index (Phi) is 5.31. The van der Waals surface area contributed by atoms with E-state index in [9.17, 15) is 4.79 Å². The molecule has 0 radical (unpaired) electrons. The summed E-state index contributed by atoms with van der Waals surface area (Å²) in [5.74, 6) is 5.06. The van der Waals surface area contributed by atoms with E-state index in [-0.39, 0.29) is 6.03 Å². The maximum absolute atomic E-state index is 11.2. The van der Waals surface area contributed by atoms with Crippen LogP contribution in [0, 0.1) is 0 Å². The molecule has 2 amide bonds. The van der Waals surface area contributed by atoms with Gasteiger partial charge in [0, 0.05) is 23.7 Å². The van der Waals surface area contributed by atoms with E-state index in [0.29, 0.717) is 11.8 Å². The second-order valence-corrected chi connectivity index (χ2v) is 5.77. The monoisotopic (exact) mass is 253 g/mol. The zero-order chi connectivity index (χ0) is 12.8. The summed E-state index contributed by atoms with van der Waals surface area (Å²) in [5.41, 5.74) is 3.19. The molecule has 0 saturated heterocycles. The zero-order valence-electron chi connectivity index (χ0n) is 10.4. The lowest BCUT2D eigenvalue weighted by Gasteiger charge is -2.16. The average Bonchev–Trinajstić information content (AvgIpc) is 2.30. The van der Waals surface area contributed by atoms with Gasteiger partial charge in [0.1, 0.15) is 0 Å². The maximum Gasteiger partial charge on any atom is 0.331 e. The summed E-state index contributed by atoms with van der Waals surface area (Å²) in [6.07, 6.45) is 0. The van der Waals surface area contributed by atoms with Crippen LogP contribution in [0.4, 0.5) is 4.79 Å². The Bertz CT molecular complexity index is 365. The predicted octanol–water partition coefficient (Wildman–Crippen LogP) is 2.20. The number of carbonyl (C=O) groups excluding carboxylic acids is 1. The maximum atomic E-state index is 11.2. The van der Waals surface area contributed by atoms with Gasteiger partial charge in [-0.2, -0.15) is 0 Å². The number of amides is 2. The van der Waals surface area contributed by atoms with Crippen molar-refractivity contribution in [3.63, 3.8) is 0 Å². The molecule has 0 aromatic heterocycles. The first-order valence-corrected chi connectivity index (χ1v) is 6.38. The fourth-order valence-corrected chi connectivity index (χ4v) is 2.24. The summed E-state index contributed by atoms with van der Waals surface area (Å²) in [6.45, 7) is 4.88. The van der Waals surface area contributed by atoms with Crippen LogP contribution in [0.5, 0.6) is 0 Å². The number of nitrogens with two attached hydrogens (primary N) is 1. The molecule has 1 aromatic rings. The predicted molar refractivity (Wildman–Crippen MR) is 71.6 cm³/mol. The molecule has 0 saturated carbocycles. The molecule has 1 rings (SSSR count). The zero-order valence-corrected chi connectivity index (χ0v) is 11.3. The van der Waals surface area contributed by atoms with Gasteiger partial charge in [0.2, 0.25) is 0 Å². The minimum atomic E-state index is -0.286. The number of thioether (sulfide) groups is 1. The van der Waals surface area contributed by atoms with Gasteiger partial charge in [0.25, 0.3) is 0 Å². The third kappa shape index (κ3) is 4.66. The lowest BCUT2D eigenvalue weighted by molar-refractivity contribution is 0.207. The Labute approximate surface area is 107 Å². The molecule has 0 heterocycles. The SMILES string of the molecule is CC(C)Sc1ccc(CN(C)C(=O)NN)cc1. The molecular weight excluding hydrogens is 234 g/mol. The van der Waals surface area contributed by atoms with Crippen molar-refractivity contribution in [1.29, 1.82) is 0 Å². The second kappa shape index (κ2) is 6.51. The fourth-order valence-electron chi connectivity index (χ4n) is 1.40. The molecular formula is C12H19N3OS. The Morgan fingerprint density at radius 2 is 2.00 bits per heavy atom. The van der Waals surface area contributed by atoms with E-state index in [1.165, 1.54) is 9.80 Å². The number of hydrazine groups is 1. The van der Waals surface area contributed by atoms with Gasteiger partial charge in [-0.3, -0.25) is 5.43 Å². The molecule has 0 atom stereocenters. The van der Waals surface area contributed by atoms with Crippen LogP contribution in [0.2, 0.25) is 0 Å². The van der Waals surface area contributed by atoms with Crippen LogP contribution in [0.25, 0.3) is 0 Å². The first kappa shape index (κ1) is 13.9. The van der Waals surface area contributed by atoms with Crippen molar-refractivity contribution in [2.75, 3.05) is 7.05 Å². The van der Waals surface area contributed by atoms with E-state index >= 15 is 0 Å². The standard InChI is InChI=1S/C12H19N3OS/c1-9(2)17-11-6-4-10(5-7-11)8-15(3)12(16)14-13/h4-7,9H,8,13H2,1-3H3,(H,14,16). The van der Waals surface area contributed by atoms with Gasteiger partial charge in [-0.05, 0) is 17.7 Å². The van der Waals surface area contributed by atoms with Gasteiger partial charge in [-0.1, -0.05) is 26.0 Å². The number of rotatable bonds is 4. The van der Waals surface area contributed by atoms with Gasteiger partial charge in [-0.15, -0.1) is 11.8 Å². The van der Waals surface area contributed by atoms with Gasteiger partial charge in [0.15, 0.2) is 0 Å². The number of nitrogens with zero attached hydrogens (tertiary/aromatic N) is 1. The highest BCUT2D eigenvalue weighted by Gasteiger charge is 2.06. The van der Waals surface area contributed by atoms with E-state index in [4.69, 9.17) is 5.84 Å². The number of urea groups is 1. The summed E-state index contributed by atoms with van der Waals surface area (Å²) < 4.78 is 0. The van der Waals surface area contributed by atoms with Crippen molar-refractivity contribution in [2.24, 2.45) is 5.84 Å². The molecule has 5 heteroatoms. The average molecular weight is 253 g/mol. The minimum Gasteiger partial charge on any atom is -0.322 e. The molecule has 17 heavy (non-hydrogen) atoms. The third-order valence-corrected chi connectivity index (χ3v) is 3.20. The third-order valence-electron chi connectivity index (χ3n) is 2.19. The number of carbonyl (C=O) groups is 1. The van der Waals surface area contributed by atoms with Crippen molar-refractivity contribution in [2.45, 2.75) is 30.5 Å². The van der Waals surface area contributed by atoms with Crippen molar-refractivity contribution in [1.82, 2.24) is 10.3 Å². The molecule has 0 fully saturated rings. The van der Waals surface area contributed by atoms with Crippen LogP contribution >= 0.6 is 11.8 Å². The quantitative estimate of drug-likeness (QED) is 0.374. The summed E-state index contributed by atoms with van der Waals surface area (Å²) in [7, 11) is 1.71. The summed E-state index contributed by atoms with van der Waals surface area (Å²) in [4.78, 5) is 14.0. The lowest BCUT2D eigenvalue weighted by atomic mass is 10.2. The fraction of sp³-hybridized carbons (Fsp3) is 0.417. The first-order chi connectivity index (χ1) is 8.02. The topological polar surface area (TPSA) is 58.4 Å². The van der Waals surface area contributed by atoms with Crippen LogP contribution < -0.4 is 11.3 Å². The van der Waals surface area contributed by atoms with Crippen molar-refractivity contribution < 1.29 is 4.79 Å². The molecule has 0 aliphatic heterocycles. The molecule has 0 bridgehead atoms. The number of benzene rings is 1. The summed E-state index contributed by atoms with van der Waals surface area (Å²) in [5, 5.41) is 0.576. The summed E-state index contributed by atoms with van der Waals surface area (Å²) in [6, 6.07) is 7.93.